The number of ether oxygens (including phenoxy) is 6. The van der Waals surface area contributed by atoms with Gasteiger partial charge in [-0.3, -0.25) is 14.4 Å². The zero-order valence-electron chi connectivity index (χ0n) is 25.6. The van der Waals surface area contributed by atoms with Gasteiger partial charge in [-0.1, -0.05) is 58.0 Å². The summed E-state index contributed by atoms with van der Waals surface area (Å²) < 4.78 is 32.3. The number of nitrogens with one attached hydrogen (secondary N) is 1. The van der Waals surface area contributed by atoms with E-state index in [1.807, 2.05) is 19.9 Å². The molecule has 238 valence electrons. The molecule has 13 heteroatoms. The van der Waals surface area contributed by atoms with Crippen molar-refractivity contribution in [3.63, 3.8) is 0 Å². The average molecular weight is 615 g/mol. The highest BCUT2D eigenvalue weighted by molar-refractivity contribution is 5.98. The molecule has 1 saturated heterocycles. The smallest absolute Gasteiger partial charge is 0.493 e. The molecule has 0 saturated carbocycles. The van der Waals surface area contributed by atoms with Crippen molar-refractivity contribution in [1.82, 2.24) is 10.3 Å². The van der Waals surface area contributed by atoms with Crippen LogP contribution in [0.15, 0.2) is 42.6 Å². The number of aromatic nitrogens is 1. The molecule has 4 atom stereocenters. The van der Waals surface area contributed by atoms with Crippen molar-refractivity contribution in [2.75, 3.05) is 20.3 Å². The van der Waals surface area contributed by atoms with Gasteiger partial charge in [0, 0.05) is 12.3 Å². The van der Waals surface area contributed by atoms with E-state index >= 15 is 0 Å². The number of methoxy groups -OCH3 is 1. The lowest BCUT2D eigenvalue weighted by Gasteiger charge is -2.29. The molecule has 44 heavy (non-hydrogen) atoms. The highest BCUT2D eigenvalue weighted by atomic mass is 16.7. The van der Waals surface area contributed by atoms with Gasteiger partial charge >= 0.3 is 24.1 Å². The molecule has 1 N–H and O–H groups in total. The molecule has 2 heterocycles. The van der Waals surface area contributed by atoms with Gasteiger partial charge in [-0.05, 0) is 24.8 Å². The first-order valence-corrected chi connectivity index (χ1v) is 14.2. The van der Waals surface area contributed by atoms with Crippen LogP contribution in [0.1, 0.15) is 50.7 Å². The summed E-state index contributed by atoms with van der Waals surface area (Å²) >= 11 is 0. The molecule has 0 aliphatic carbocycles. The summed E-state index contributed by atoms with van der Waals surface area (Å²) in [5, 5.41) is 2.43. The van der Waals surface area contributed by atoms with Crippen LogP contribution >= 0.6 is 0 Å². The molecule has 0 spiro atoms. The molecule has 3 rings (SSSR count). The number of nitrogens with zero attached hydrogens (tertiary/aromatic N) is 1. The fourth-order valence-electron chi connectivity index (χ4n) is 4.18. The Morgan fingerprint density at radius 2 is 1.75 bits per heavy atom. The van der Waals surface area contributed by atoms with Gasteiger partial charge in [0.15, 0.2) is 23.6 Å². The monoisotopic (exact) mass is 614 g/mol. The van der Waals surface area contributed by atoms with Gasteiger partial charge in [0.1, 0.15) is 18.6 Å². The van der Waals surface area contributed by atoms with Crippen LogP contribution in [0, 0.1) is 17.8 Å². The summed E-state index contributed by atoms with van der Waals surface area (Å²) in [4.78, 5) is 68.9. The van der Waals surface area contributed by atoms with Gasteiger partial charge < -0.3 is 33.7 Å². The van der Waals surface area contributed by atoms with E-state index in [0.29, 0.717) is 0 Å². The van der Waals surface area contributed by atoms with Crippen molar-refractivity contribution in [1.29, 1.82) is 0 Å². The van der Waals surface area contributed by atoms with Gasteiger partial charge in [0.05, 0.1) is 19.6 Å². The second-order valence-electron chi connectivity index (χ2n) is 10.9. The lowest BCUT2D eigenvalue weighted by molar-refractivity contribution is -0.176. The van der Waals surface area contributed by atoms with Crippen LogP contribution in [0.3, 0.4) is 0 Å². The topological polar surface area (TPSA) is 166 Å². The lowest BCUT2D eigenvalue weighted by Crippen LogP contribution is -2.47. The molecule has 1 aliphatic heterocycles. The van der Waals surface area contributed by atoms with Crippen LogP contribution in [-0.2, 0) is 39.8 Å². The molecular formula is C31H38N2O11. The van der Waals surface area contributed by atoms with Crippen LogP contribution in [0.25, 0.3) is 0 Å². The quantitative estimate of drug-likeness (QED) is 0.307. The third-order valence-electron chi connectivity index (χ3n) is 6.49. The van der Waals surface area contributed by atoms with Crippen molar-refractivity contribution in [2.24, 2.45) is 17.8 Å². The zero-order valence-corrected chi connectivity index (χ0v) is 25.6. The minimum atomic E-state index is -1.49. The number of hydrogen-bond donors (Lipinski definition) is 1. The molecule has 1 aromatic heterocycles. The molecule has 0 bridgehead atoms. The largest absolute Gasteiger partial charge is 0.514 e. The standard InChI is InChI=1S/C31H38N2O11/c1-17(2)15-41-31(38)44-26-23(39-6)12-13-32-24(26)27(34)33-22-16-40-29(36)21(14-20-10-8-7-9-11-20)25(19(5)42-30(22)37)43-28(35)18(3)4/h7-13,17-19,21-22,25H,14-16H2,1-6H3,(H,33,34). The summed E-state index contributed by atoms with van der Waals surface area (Å²) in [7, 11) is 1.30. The zero-order chi connectivity index (χ0) is 32.4. The highest BCUT2D eigenvalue weighted by Gasteiger charge is 2.42. The van der Waals surface area contributed by atoms with Crippen LogP contribution in [0.4, 0.5) is 4.79 Å². The fourth-order valence-corrected chi connectivity index (χ4v) is 4.18. The van der Waals surface area contributed by atoms with Crippen molar-refractivity contribution >= 4 is 30.0 Å². The summed E-state index contributed by atoms with van der Waals surface area (Å²) in [5.74, 6) is -5.09. The highest BCUT2D eigenvalue weighted by Crippen LogP contribution is 2.30. The summed E-state index contributed by atoms with van der Waals surface area (Å²) in [6.07, 6.45) is -1.97. The number of pyridine rings is 1. The molecule has 1 amide bonds. The number of benzene rings is 1. The van der Waals surface area contributed by atoms with Gasteiger partial charge in [-0.2, -0.15) is 0 Å². The van der Waals surface area contributed by atoms with Gasteiger partial charge in [0.2, 0.25) is 5.75 Å². The molecule has 1 aliphatic rings. The average Bonchev–Trinajstić information content (AvgIpc) is 3.02. The second kappa shape index (κ2) is 15.7. The molecule has 0 radical (unpaired) electrons. The summed E-state index contributed by atoms with van der Waals surface area (Å²) in [5.41, 5.74) is 0.370. The number of esters is 3. The Kier molecular flexibility index (Phi) is 12.1. The predicted molar refractivity (Wildman–Crippen MR) is 154 cm³/mol. The maximum atomic E-state index is 13.4. The van der Waals surface area contributed by atoms with Crippen LogP contribution in [0.2, 0.25) is 0 Å². The number of cyclic esters (lactones) is 2. The first-order valence-electron chi connectivity index (χ1n) is 14.2. The van der Waals surface area contributed by atoms with E-state index in [0.717, 1.165) is 5.56 Å². The second-order valence-corrected chi connectivity index (χ2v) is 10.9. The van der Waals surface area contributed by atoms with Crippen molar-refractivity contribution in [3.05, 3.63) is 53.9 Å². The van der Waals surface area contributed by atoms with E-state index in [1.54, 1.807) is 38.1 Å². The van der Waals surface area contributed by atoms with E-state index < -0.39 is 72.4 Å². The van der Waals surface area contributed by atoms with Crippen molar-refractivity contribution in [2.45, 2.75) is 59.3 Å². The van der Waals surface area contributed by atoms with Gasteiger partial charge in [-0.25, -0.2) is 14.6 Å². The van der Waals surface area contributed by atoms with E-state index in [1.165, 1.54) is 26.3 Å². The third-order valence-corrected chi connectivity index (χ3v) is 6.49. The predicted octanol–water partition coefficient (Wildman–Crippen LogP) is 3.28. The lowest BCUT2D eigenvalue weighted by atomic mass is 9.91. The van der Waals surface area contributed by atoms with Crippen molar-refractivity contribution in [3.8, 4) is 11.5 Å². The van der Waals surface area contributed by atoms with E-state index in [9.17, 15) is 24.0 Å². The molecule has 1 aromatic carbocycles. The Balaban J connectivity index is 1.87. The normalized spacial score (nSPS) is 20.4. The van der Waals surface area contributed by atoms with E-state index in [-0.39, 0.29) is 30.4 Å². The first-order chi connectivity index (χ1) is 20.9. The summed E-state index contributed by atoms with van der Waals surface area (Å²) in [6.45, 7) is 7.91. The third kappa shape index (κ3) is 9.16. The van der Waals surface area contributed by atoms with Crippen LogP contribution < -0.4 is 14.8 Å². The number of amides is 1. The van der Waals surface area contributed by atoms with E-state index in [4.69, 9.17) is 28.4 Å². The Bertz CT molecular complexity index is 1330. The van der Waals surface area contributed by atoms with Gasteiger partial charge in [-0.15, -0.1) is 0 Å². The van der Waals surface area contributed by atoms with Crippen molar-refractivity contribution < 1.29 is 52.4 Å². The number of carbonyl (C=O) groups is 5. The number of carbonyl (C=O) groups excluding carboxylic acids is 5. The molecule has 1 fully saturated rings. The Hall–Kier alpha value is -4.68. The molecule has 13 nitrogen and oxygen atoms in total. The number of rotatable bonds is 10. The maximum Gasteiger partial charge on any atom is 0.514 e. The summed E-state index contributed by atoms with van der Waals surface area (Å²) in [6, 6.07) is 8.91. The Labute approximate surface area is 255 Å². The first kappa shape index (κ1) is 33.8. The molecule has 2 aromatic rings. The Morgan fingerprint density at radius 1 is 1.05 bits per heavy atom. The van der Waals surface area contributed by atoms with Crippen LogP contribution in [-0.4, -0.2) is 73.5 Å². The minimum absolute atomic E-state index is 0.00213. The minimum Gasteiger partial charge on any atom is -0.493 e. The van der Waals surface area contributed by atoms with Gasteiger partial charge in [0.25, 0.3) is 5.91 Å². The SMILES string of the molecule is COc1ccnc(C(=O)NC2COC(=O)C(Cc3ccccc3)C(OC(=O)C(C)C)C(C)OC2=O)c1OC(=O)OCC(C)C. The van der Waals surface area contributed by atoms with Crippen LogP contribution in [0.5, 0.6) is 11.5 Å². The fraction of sp³-hybridized carbons (Fsp3) is 0.484. The molecule has 4 unspecified atom stereocenters. The Morgan fingerprint density at radius 3 is 2.39 bits per heavy atom. The maximum absolute atomic E-state index is 13.4. The van der Waals surface area contributed by atoms with E-state index in [2.05, 4.69) is 10.3 Å². The number of hydrogen-bond acceptors (Lipinski definition) is 12. The molecular weight excluding hydrogens is 576 g/mol.